The van der Waals surface area contributed by atoms with E-state index in [1.54, 1.807) is 26.0 Å². The molecule has 0 spiro atoms. The molecule has 18 heavy (non-hydrogen) atoms. The molecule has 0 amide bonds. The molecule has 0 saturated heterocycles. The molecule has 0 atom stereocenters. The van der Waals surface area contributed by atoms with Gasteiger partial charge in [-0.3, -0.25) is 9.82 Å². The van der Waals surface area contributed by atoms with E-state index < -0.39 is 10.0 Å². The van der Waals surface area contributed by atoms with Crippen molar-refractivity contribution >= 4 is 15.7 Å². The lowest BCUT2D eigenvalue weighted by Crippen LogP contribution is -2.13. The molecule has 0 fully saturated rings. The van der Waals surface area contributed by atoms with Crippen molar-refractivity contribution in [3.63, 3.8) is 0 Å². The second kappa shape index (κ2) is 4.34. The van der Waals surface area contributed by atoms with E-state index >= 15 is 0 Å². The zero-order valence-electron chi connectivity index (χ0n) is 9.93. The summed E-state index contributed by atoms with van der Waals surface area (Å²) in [6, 6.07) is 3.26. The van der Waals surface area contributed by atoms with Crippen LogP contribution in [0.5, 0.6) is 5.75 Å². The normalized spacial score (nSPS) is 11.4. The number of hydrogen-bond acceptors (Lipinski definition) is 4. The van der Waals surface area contributed by atoms with Gasteiger partial charge < -0.3 is 5.11 Å². The van der Waals surface area contributed by atoms with Gasteiger partial charge in [-0.05, 0) is 25.5 Å². The molecule has 3 N–H and O–H groups in total. The van der Waals surface area contributed by atoms with Crippen molar-refractivity contribution < 1.29 is 13.5 Å². The Kier molecular flexibility index (Phi) is 3.00. The molecule has 1 aromatic carbocycles. The minimum absolute atomic E-state index is 0.0435. The molecule has 1 aromatic heterocycles. The molecule has 96 valence electrons. The van der Waals surface area contributed by atoms with Crippen molar-refractivity contribution in [1.82, 2.24) is 10.2 Å². The Morgan fingerprint density at radius 1 is 1.33 bits per heavy atom. The van der Waals surface area contributed by atoms with Crippen LogP contribution in [0.25, 0.3) is 0 Å². The fourth-order valence-corrected chi connectivity index (χ4v) is 2.56. The quantitative estimate of drug-likeness (QED) is 0.786. The van der Waals surface area contributed by atoms with Gasteiger partial charge in [0, 0.05) is 11.8 Å². The molecule has 1 heterocycles. The number of nitrogens with zero attached hydrogens (tertiary/aromatic N) is 1. The first-order valence-electron chi connectivity index (χ1n) is 5.22. The molecule has 0 bridgehead atoms. The van der Waals surface area contributed by atoms with Crippen molar-refractivity contribution in [2.45, 2.75) is 18.7 Å². The van der Waals surface area contributed by atoms with Crippen LogP contribution in [0.2, 0.25) is 0 Å². The van der Waals surface area contributed by atoms with Crippen LogP contribution in [0.15, 0.2) is 29.4 Å². The molecule has 6 nitrogen and oxygen atoms in total. The first-order chi connectivity index (χ1) is 8.42. The summed E-state index contributed by atoms with van der Waals surface area (Å²) < 4.78 is 26.3. The van der Waals surface area contributed by atoms with E-state index in [0.717, 1.165) is 0 Å². The molecule has 0 aliphatic heterocycles. The minimum atomic E-state index is -3.68. The highest BCUT2D eigenvalue weighted by molar-refractivity contribution is 7.92. The number of aromatic hydroxyl groups is 1. The topological polar surface area (TPSA) is 95.1 Å². The van der Waals surface area contributed by atoms with Gasteiger partial charge >= 0.3 is 0 Å². The molecule has 7 heteroatoms. The lowest BCUT2D eigenvalue weighted by molar-refractivity contribution is 0.467. The SMILES string of the molecule is Cc1ccc(NS(=O)(=O)c2cn[nH]c2)c(C)c1O. The molecule has 2 aromatic rings. The number of nitrogens with one attached hydrogen (secondary N) is 2. The summed E-state index contributed by atoms with van der Waals surface area (Å²) in [5.41, 5.74) is 1.53. The number of aromatic nitrogens is 2. The van der Waals surface area contributed by atoms with E-state index in [1.165, 1.54) is 12.4 Å². The van der Waals surface area contributed by atoms with Gasteiger partial charge in [-0.25, -0.2) is 8.42 Å². The maximum absolute atomic E-state index is 12.0. The van der Waals surface area contributed by atoms with Crippen LogP contribution in [-0.2, 0) is 10.0 Å². The minimum Gasteiger partial charge on any atom is -0.507 e. The van der Waals surface area contributed by atoms with E-state index in [4.69, 9.17) is 0 Å². The number of H-pyrrole nitrogens is 1. The third-order valence-electron chi connectivity index (χ3n) is 2.66. The molecule has 0 radical (unpaired) electrons. The molecule has 2 rings (SSSR count). The number of aromatic amines is 1. The average molecular weight is 267 g/mol. The maximum Gasteiger partial charge on any atom is 0.265 e. The Hall–Kier alpha value is -2.02. The predicted molar refractivity (Wildman–Crippen MR) is 67.0 cm³/mol. The molecule has 0 saturated carbocycles. The fraction of sp³-hybridized carbons (Fsp3) is 0.182. The van der Waals surface area contributed by atoms with Crippen LogP contribution in [0, 0.1) is 13.8 Å². The van der Waals surface area contributed by atoms with Crippen molar-refractivity contribution in [2.75, 3.05) is 4.72 Å². The number of benzene rings is 1. The van der Waals surface area contributed by atoms with Gasteiger partial charge in [0.05, 0.1) is 11.9 Å². The summed E-state index contributed by atoms with van der Waals surface area (Å²) in [7, 11) is -3.68. The number of hydrogen-bond donors (Lipinski definition) is 3. The van der Waals surface area contributed by atoms with Crippen LogP contribution >= 0.6 is 0 Å². The second-order valence-electron chi connectivity index (χ2n) is 3.94. The Balaban J connectivity index is 2.39. The lowest BCUT2D eigenvalue weighted by atomic mass is 10.1. The smallest absolute Gasteiger partial charge is 0.265 e. The molecule has 0 aliphatic rings. The summed E-state index contributed by atoms with van der Waals surface area (Å²) >= 11 is 0. The Labute approximate surface area is 105 Å². The van der Waals surface area contributed by atoms with Crippen molar-refractivity contribution in [2.24, 2.45) is 0 Å². The Morgan fingerprint density at radius 3 is 2.67 bits per heavy atom. The summed E-state index contributed by atoms with van der Waals surface area (Å²) in [4.78, 5) is 0.0435. The summed E-state index contributed by atoms with van der Waals surface area (Å²) in [5, 5.41) is 15.8. The van der Waals surface area contributed by atoms with Crippen molar-refractivity contribution in [3.8, 4) is 5.75 Å². The van der Waals surface area contributed by atoms with E-state index in [2.05, 4.69) is 14.9 Å². The highest BCUT2D eigenvalue weighted by atomic mass is 32.2. The van der Waals surface area contributed by atoms with Crippen molar-refractivity contribution in [1.29, 1.82) is 0 Å². The largest absolute Gasteiger partial charge is 0.507 e. The number of anilines is 1. The Bertz CT molecular complexity index is 663. The van der Waals surface area contributed by atoms with E-state index in [0.29, 0.717) is 16.8 Å². The summed E-state index contributed by atoms with van der Waals surface area (Å²) in [6.07, 6.45) is 2.50. The van der Waals surface area contributed by atoms with Crippen LogP contribution in [0.4, 0.5) is 5.69 Å². The van der Waals surface area contributed by atoms with Gasteiger partial charge in [-0.2, -0.15) is 5.10 Å². The highest BCUT2D eigenvalue weighted by Crippen LogP contribution is 2.29. The second-order valence-corrected chi connectivity index (χ2v) is 5.63. The monoisotopic (exact) mass is 267 g/mol. The van der Waals surface area contributed by atoms with Gasteiger partial charge in [0.15, 0.2) is 0 Å². The average Bonchev–Trinajstić information content (AvgIpc) is 2.84. The van der Waals surface area contributed by atoms with Crippen LogP contribution in [0.1, 0.15) is 11.1 Å². The van der Waals surface area contributed by atoms with Gasteiger partial charge in [0.25, 0.3) is 10.0 Å². The van der Waals surface area contributed by atoms with Gasteiger partial charge in [-0.15, -0.1) is 0 Å². The Morgan fingerprint density at radius 2 is 2.06 bits per heavy atom. The standard InChI is InChI=1S/C11H13N3O3S/c1-7-3-4-10(8(2)11(7)15)14-18(16,17)9-5-12-13-6-9/h3-6,14-15H,1-2H3,(H,12,13). The van der Waals surface area contributed by atoms with Crippen molar-refractivity contribution in [3.05, 3.63) is 35.7 Å². The molecular weight excluding hydrogens is 254 g/mol. The highest BCUT2D eigenvalue weighted by Gasteiger charge is 2.17. The van der Waals surface area contributed by atoms with Crippen LogP contribution in [-0.4, -0.2) is 23.7 Å². The van der Waals surface area contributed by atoms with Gasteiger partial charge in [0.1, 0.15) is 10.6 Å². The zero-order valence-corrected chi connectivity index (χ0v) is 10.7. The summed E-state index contributed by atoms with van der Waals surface area (Å²) in [6.45, 7) is 3.40. The number of sulfonamides is 1. The number of phenols is 1. The maximum atomic E-state index is 12.0. The number of aryl methyl sites for hydroxylation is 1. The summed E-state index contributed by atoms with van der Waals surface area (Å²) in [5.74, 6) is 0.0855. The number of phenolic OH excluding ortho intramolecular Hbond substituents is 1. The number of rotatable bonds is 3. The van der Waals surface area contributed by atoms with Crippen LogP contribution in [0.3, 0.4) is 0 Å². The molecule has 0 aliphatic carbocycles. The first kappa shape index (κ1) is 12.4. The van der Waals surface area contributed by atoms with Gasteiger partial charge in [-0.1, -0.05) is 6.07 Å². The van der Waals surface area contributed by atoms with Crippen LogP contribution < -0.4 is 4.72 Å². The first-order valence-corrected chi connectivity index (χ1v) is 6.71. The lowest BCUT2D eigenvalue weighted by Gasteiger charge is -2.11. The zero-order chi connectivity index (χ0) is 13.3. The third kappa shape index (κ3) is 2.17. The van der Waals surface area contributed by atoms with E-state index in [-0.39, 0.29) is 10.6 Å². The fourth-order valence-electron chi connectivity index (χ4n) is 1.54. The van der Waals surface area contributed by atoms with Gasteiger partial charge in [0.2, 0.25) is 0 Å². The molecular formula is C11H13N3O3S. The van der Waals surface area contributed by atoms with E-state index in [1.807, 2.05) is 0 Å². The van der Waals surface area contributed by atoms with E-state index in [9.17, 15) is 13.5 Å². The third-order valence-corrected chi connectivity index (χ3v) is 3.99. The molecule has 0 unspecified atom stereocenters. The predicted octanol–water partition coefficient (Wildman–Crippen LogP) is 1.53.